The molecule has 3 aromatic rings. The third kappa shape index (κ3) is 19.9. The molecule has 2 amide bonds. The summed E-state index contributed by atoms with van der Waals surface area (Å²) in [5, 5.41) is 16.4. The summed E-state index contributed by atoms with van der Waals surface area (Å²) in [6, 6.07) is 8.98. The molecule has 3 aliphatic heterocycles. The maximum atomic E-state index is 12.7. The fourth-order valence-corrected chi connectivity index (χ4v) is 12.4. The fourth-order valence-electron chi connectivity index (χ4n) is 10.5. The van der Waals surface area contributed by atoms with Crippen molar-refractivity contribution >= 4 is 70.6 Å². The van der Waals surface area contributed by atoms with Gasteiger partial charge >= 0.3 is 21.3 Å². The lowest BCUT2D eigenvalue weighted by atomic mass is 9.81. The molecular weight excluding hydrogens is 1240 g/mol. The normalized spacial score (nSPS) is 19.7. The lowest BCUT2D eigenvalue weighted by Crippen LogP contribution is -2.38. The number of phosphoric acid groups is 2. The van der Waals surface area contributed by atoms with Gasteiger partial charge in [0.25, 0.3) is 10.1 Å². The second kappa shape index (κ2) is 31.2. The topological polar surface area (TPSA) is 437 Å². The van der Waals surface area contributed by atoms with Crippen molar-refractivity contribution in [2.24, 2.45) is 0 Å². The molecule has 1 saturated heterocycles. The molecule has 0 radical (unpaired) electrons. The molecule has 0 bridgehead atoms. The van der Waals surface area contributed by atoms with Gasteiger partial charge in [-0.05, 0) is 88.4 Å². The van der Waals surface area contributed by atoms with Crippen LogP contribution in [0, 0.1) is 0 Å². The number of allylic oxidation sites excluding steroid dienone is 4. The van der Waals surface area contributed by atoms with E-state index in [-0.39, 0.29) is 78.8 Å². The van der Waals surface area contributed by atoms with Crippen molar-refractivity contribution in [2.45, 2.75) is 125 Å². The largest absolute Gasteiger partial charge is 0.744 e. The van der Waals surface area contributed by atoms with Gasteiger partial charge in [-0.1, -0.05) is 26.3 Å². The van der Waals surface area contributed by atoms with Gasteiger partial charge in [-0.15, -0.1) is 0 Å². The van der Waals surface area contributed by atoms with Gasteiger partial charge in [-0.3, -0.25) is 27.8 Å². The fraction of sp³-hybridized carbons (Fsp3) is 0.574. The van der Waals surface area contributed by atoms with Gasteiger partial charge in [-0.25, -0.2) is 22.3 Å². The first-order valence-corrected chi connectivity index (χ1v) is 34.2. The Morgan fingerprint density at radius 3 is 2.06 bits per heavy atom. The standard InChI is InChI=1S/C54H79N7O23P2S2/c1-6-59-41-18-16-37(87(72,73)74)32-39(41)53(2,3)44(59)13-10-14-45-54(4,5)40-33-38(88(75,76)77)17-19-42(40)60(45)23-9-7-8-15-46(62)57-22-25-79-27-29-81-31-30-80-28-26-78-24-20-47(63)56-21-11-12-36-34-61(52(65)58-50(36)55)51-48(64)49(84-86(69,70)71)43(83-51)35-82-85(66,67)68/h10,13-14,16-19,32-34,43,48-49,51,64H,6-9,11-12,15,20-31,35H2,1-5H3,(H9-,55,56,57,58,62,63,65,66,67,68,69,70,71,72,73,74,75,76,77)/t43-,48?,49+,51-/m1/s1. The zero-order valence-corrected chi connectivity index (χ0v) is 52.8. The number of fused-ring (bicyclic) bond motifs is 2. The van der Waals surface area contributed by atoms with E-state index < -0.39 is 83.5 Å². The van der Waals surface area contributed by atoms with E-state index in [4.69, 9.17) is 39.2 Å². The van der Waals surface area contributed by atoms with E-state index in [0.717, 1.165) is 32.9 Å². The van der Waals surface area contributed by atoms with E-state index in [1.165, 1.54) is 30.5 Å². The maximum Gasteiger partial charge on any atom is 0.470 e. The predicted molar refractivity (Wildman–Crippen MR) is 315 cm³/mol. The van der Waals surface area contributed by atoms with Gasteiger partial charge in [0.15, 0.2) is 11.9 Å². The van der Waals surface area contributed by atoms with E-state index in [1.54, 1.807) is 12.1 Å². The SMILES string of the molecule is CC[N+]1=C(/C=C/C=C2/N(CCCCCC(=O)NCCOCCOCCOCCOCCC(=O)NCCCc3cn([C@@H]4O[C@H](COP(=O)(O)O)[C@H](OP(=O)(O)O)C4O)c(=O)nc3N)c3ccc(S(=O)(=O)[O-])cc3C2(C)C)C(C)(C)c2cc(S(=O)(=O)O)ccc21. The average molecular weight is 1320 g/mol. The highest BCUT2D eigenvalue weighted by Crippen LogP contribution is 2.49. The van der Waals surface area contributed by atoms with Crippen LogP contribution in [-0.4, -0.2) is 186 Å². The summed E-state index contributed by atoms with van der Waals surface area (Å²) in [7, 11) is -19.5. The number of carbonyl (C=O) groups excluding carboxylic acids is 2. The van der Waals surface area contributed by atoms with Gasteiger partial charge in [0, 0.05) is 78.7 Å². The van der Waals surface area contributed by atoms with Crippen LogP contribution in [0.5, 0.6) is 0 Å². The Balaban J connectivity index is 0.807. The van der Waals surface area contributed by atoms with E-state index in [2.05, 4.69) is 34.1 Å². The number of nitrogens with two attached hydrogens (primary N) is 1. The number of aliphatic hydroxyl groups is 1. The number of ether oxygens (including phenoxy) is 5. The van der Waals surface area contributed by atoms with Crippen LogP contribution in [0.1, 0.15) is 96.1 Å². The molecule has 4 atom stereocenters. The lowest BCUT2D eigenvalue weighted by Gasteiger charge is -2.27. The summed E-state index contributed by atoms with van der Waals surface area (Å²) < 4.78 is 132. The van der Waals surface area contributed by atoms with Crippen molar-refractivity contribution in [3.63, 3.8) is 0 Å². The summed E-state index contributed by atoms with van der Waals surface area (Å²) in [5.41, 5.74) is 8.68. The molecule has 3 aliphatic rings. The zero-order chi connectivity index (χ0) is 64.8. The van der Waals surface area contributed by atoms with Gasteiger partial charge < -0.3 is 74.2 Å². The molecule has 1 aromatic heterocycles. The summed E-state index contributed by atoms with van der Waals surface area (Å²) in [4.78, 5) is 79.8. The molecule has 1 fully saturated rings. The molecule has 0 saturated carbocycles. The van der Waals surface area contributed by atoms with Crippen molar-refractivity contribution in [1.29, 1.82) is 0 Å². The number of nitrogens with zero attached hydrogens (tertiary/aromatic N) is 4. The Morgan fingerprint density at radius 2 is 1.43 bits per heavy atom. The third-order valence-electron chi connectivity index (χ3n) is 14.8. The van der Waals surface area contributed by atoms with Gasteiger partial charge in [0.05, 0.1) is 74.7 Å². The first kappa shape index (κ1) is 71.9. The highest BCUT2D eigenvalue weighted by atomic mass is 32.2. The van der Waals surface area contributed by atoms with Crippen molar-refractivity contribution in [3.8, 4) is 0 Å². The predicted octanol–water partition coefficient (Wildman–Crippen LogP) is 2.34. The zero-order valence-electron chi connectivity index (χ0n) is 49.4. The molecule has 4 heterocycles. The third-order valence-corrected chi connectivity index (χ3v) is 17.5. The average Bonchev–Trinajstić information content (AvgIpc) is 1.61. The van der Waals surface area contributed by atoms with Gasteiger partial charge in [0.1, 0.15) is 40.8 Å². The van der Waals surface area contributed by atoms with E-state index in [9.17, 15) is 64.3 Å². The van der Waals surface area contributed by atoms with Crippen molar-refractivity contribution in [3.05, 3.63) is 93.7 Å². The number of nitrogens with one attached hydrogen (secondary N) is 2. The lowest BCUT2D eigenvalue weighted by molar-refractivity contribution is -0.433. The van der Waals surface area contributed by atoms with Crippen molar-refractivity contribution in [1.82, 2.24) is 20.2 Å². The number of nitrogen functional groups attached to an aromatic ring is 1. The van der Waals surface area contributed by atoms with Crippen LogP contribution in [0.4, 0.5) is 17.2 Å². The smallest absolute Gasteiger partial charge is 0.470 e. The van der Waals surface area contributed by atoms with Crippen LogP contribution in [0.25, 0.3) is 0 Å². The highest BCUT2D eigenvalue weighted by molar-refractivity contribution is 7.86. The summed E-state index contributed by atoms with van der Waals surface area (Å²) >= 11 is 0. The molecule has 0 spiro atoms. The molecule has 88 heavy (non-hydrogen) atoms. The minimum Gasteiger partial charge on any atom is -0.744 e. The molecule has 30 nitrogen and oxygen atoms in total. The molecule has 490 valence electrons. The second-order valence-corrected chi connectivity index (χ2v) is 27.0. The molecule has 1 unspecified atom stereocenters. The Bertz CT molecular complexity index is 3440. The molecule has 6 rings (SSSR count). The Labute approximate surface area is 510 Å². The molecular formula is C54H79N7O23P2S2. The number of carbonyl (C=O) groups is 2. The minimum atomic E-state index is -5.27. The summed E-state index contributed by atoms with van der Waals surface area (Å²) in [6.07, 6.45) is 2.81. The van der Waals surface area contributed by atoms with Crippen molar-refractivity contribution in [2.75, 3.05) is 96.3 Å². The van der Waals surface area contributed by atoms with E-state index in [0.29, 0.717) is 83.7 Å². The Morgan fingerprint density at radius 1 is 0.818 bits per heavy atom. The minimum absolute atomic E-state index is 0.0536. The van der Waals surface area contributed by atoms with Crippen molar-refractivity contribution < 1.29 is 107 Å². The maximum absolute atomic E-state index is 12.7. The number of amides is 2. The number of benzene rings is 2. The molecule has 0 aliphatic carbocycles. The molecule has 2 aromatic carbocycles. The Kier molecular flexibility index (Phi) is 25.5. The second-order valence-electron chi connectivity index (χ2n) is 21.8. The number of phosphoric ester groups is 2. The molecule has 10 N–H and O–H groups in total. The quantitative estimate of drug-likeness (QED) is 0.0175. The Hall–Kier alpha value is -5.19. The number of rotatable bonds is 36. The van der Waals surface area contributed by atoms with Gasteiger partial charge in [0.2, 0.25) is 17.5 Å². The monoisotopic (exact) mass is 1320 g/mol. The van der Waals surface area contributed by atoms with Gasteiger partial charge in [-0.2, -0.15) is 18.0 Å². The van der Waals surface area contributed by atoms with Crippen LogP contribution in [0.3, 0.4) is 0 Å². The van der Waals surface area contributed by atoms with Crippen LogP contribution in [-0.2, 0) is 88.9 Å². The molecule has 34 heteroatoms. The van der Waals surface area contributed by atoms with Crippen LogP contribution in [0.15, 0.2) is 81.1 Å². The number of aliphatic hydroxyl groups excluding tert-OH is 1. The number of hydrogen-bond donors (Lipinski definition) is 9. The van der Waals surface area contributed by atoms with E-state index >= 15 is 0 Å². The number of aryl methyl sites for hydroxylation is 1. The van der Waals surface area contributed by atoms with Crippen LogP contribution in [0.2, 0.25) is 0 Å². The van der Waals surface area contributed by atoms with E-state index in [1.807, 2.05) is 52.8 Å². The number of unbranched alkanes of at least 4 members (excludes halogenated alkanes) is 2. The number of aromatic nitrogens is 2. The van der Waals surface area contributed by atoms with Crippen LogP contribution >= 0.6 is 15.6 Å². The van der Waals surface area contributed by atoms with Crippen LogP contribution < -0.4 is 27.0 Å². The highest BCUT2D eigenvalue weighted by Gasteiger charge is 2.50. The number of anilines is 2. The first-order chi connectivity index (χ1) is 41.2. The first-order valence-electron chi connectivity index (χ1n) is 28.3. The number of hydrogen-bond acceptors (Lipinski definition) is 21. The summed E-state index contributed by atoms with van der Waals surface area (Å²) in [5.74, 6) is -0.589. The summed E-state index contributed by atoms with van der Waals surface area (Å²) in [6.45, 7) is 12.6.